The number of carbonyl (C=O) groups excluding carboxylic acids is 1. The van der Waals surface area contributed by atoms with Crippen molar-refractivity contribution < 1.29 is 9.18 Å². The molecule has 1 fully saturated rings. The molecule has 5 heteroatoms. The molecule has 0 unspecified atom stereocenters. The van der Waals surface area contributed by atoms with Gasteiger partial charge in [-0.15, -0.1) is 0 Å². The van der Waals surface area contributed by atoms with Crippen LogP contribution >= 0.6 is 11.6 Å². The Bertz CT molecular complexity index is 427. The lowest BCUT2D eigenvalue weighted by atomic mass is 10.1. The van der Waals surface area contributed by atoms with Gasteiger partial charge in [0, 0.05) is 23.2 Å². The number of hydrogen-bond donors (Lipinski definition) is 2. The molecule has 1 saturated heterocycles. The van der Waals surface area contributed by atoms with E-state index < -0.39 is 5.82 Å². The molecule has 1 amide bonds. The Morgan fingerprint density at radius 3 is 3.05 bits per heavy atom. The molecule has 1 aliphatic rings. The van der Waals surface area contributed by atoms with E-state index in [9.17, 15) is 9.18 Å². The second-order valence-corrected chi connectivity index (χ2v) is 5.22. The van der Waals surface area contributed by atoms with Crippen molar-refractivity contribution in [3.8, 4) is 0 Å². The SMILES string of the molecule is O=C(Cc1c(F)cccc1Cl)NCC[C@@H]1CCCN1. The van der Waals surface area contributed by atoms with Crippen LogP contribution in [0.5, 0.6) is 0 Å². The Hall–Kier alpha value is -1.13. The van der Waals surface area contributed by atoms with Crippen molar-refractivity contribution in [2.75, 3.05) is 13.1 Å². The molecule has 0 bridgehead atoms. The third-order valence-corrected chi connectivity index (χ3v) is 3.73. The van der Waals surface area contributed by atoms with Crippen molar-refractivity contribution in [1.29, 1.82) is 0 Å². The number of halogens is 2. The molecule has 0 aromatic heterocycles. The van der Waals surface area contributed by atoms with Crippen LogP contribution in [0.15, 0.2) is 18.2 Å². The zero-order valence-electron chi connectivity index (χ0n) is 10.7. The normalized spacial score (nSPS) is 18.5. The van der Waals surface area contributed by atoms with Crippen molar-refractivity contribution >= 4 is 17.5 Å². The summed E-state index contributed by atoms with van der Waals surface area (Å²) in [6.07, 6.45) is 3.26. The summed E-state index contributed by atoms with van der Waals surface area (Å²) in [5.41, 5.74) is 0.264. The van der Waals surface area contributed by atoms with Gasteiger partial charge in [-0.25, -0.2) is 4.39 Å². The van der Waals surface area contributed by atoms with E-state index in [4.69, 9.17) is 11.6 Å². The number of hydrogen-bond acceptors (Lipinski definition) is 2. The van der Waals surface area contributed by atoms with E-state index in [-0.39, 0.29) is 17.9 Å². The van der Waals surface area contributed by atoms with Crippen molar-refractivity contribution in [2.45, 2.75) is 31.7 Å². The number of rotatable bonds is 5. The van der Waals surface area contributed by atoms with Crippen LogP contribution in [0.3, 0.4) is 0 Å². The fraction of sp³-hybridized carbons (Fsp3) is 0.500. The molecule has 104 valence electrons. The lowest BCUT2D eigenvalue weighted by Gasteiger charge is -2.11. The highest BCUT2D eigenvalue weighted by Gasteiger charge is 2.15. The van der Waals surface area contributed by atoms with Gasteiger partial charge in [-0.1, -0.05) is 17.7 Å². The lowest BCUT2D eigenvalue weighted by Crippen LogP contribution is -2.31. The van der Waals surface area contributed by atoms with Gasteiger partial charge >= 0.3 is 0 Å². The molecule has 19 heavy (non-hydrogen) atoms. The van der Waals surface area contributed by atoms with Gasteiger partial charge in [-0.2, -0.15) is 0 Å². The fourth-order valence-corrected chi connectivity index (χ4v) is 2.54. The van der Waals surface area contributed by atoms with Crippen LogP contribution in [0.2, 0.25) is 5.02 Å². The first-order valence-electron chi connectivity index (χ1n) is 6.60. The summed E-state index contributed by atoms with van der Waals surface area (Å²) >= 11 is 5.88. The van der Waals surface area contributed by atoms with Crippen LogP contribution in [0.25, 0.3) is 0 Å². The lowest BCUT2D eigenvalue weighted by molar-refractivity contribution is -0.120. The highest BCUT2D eigenvalue weighted by molar-refractivity contribution is 6.31. The Morgan fingerprint density at radius 1 is 1.53 bits per heavy atom. The monoisotopic (exact) mass is 284 g/mol. The molecule has 1 aromatic rings. The van der Waals surface area contributed by atoms with Gasteiger partial charge in [0.1, 0.15) is 5.82 Å². The minimum Gasteiger partial charge on any atom is -0.356 e. The molecular weight excluding hydrogens is 267 g/mol. The van der Waals surface area contributed by atoms with E-state index in [1.54, 1.807) is 6.07 Å². The standard InChI is InChI=1S/C14H18ClFN2O/c15-12-4-1-5-13(16)11(12)9-14(19)18-8-6-10-3-2-7-17-10/h1,4-5,10,17H,2-3,6-9H2,(H,18,19)/t10-/m0/s1. The quantitative estimate of drug-likeness (QED) is 0.871. The topological polar surface area (TPSA) is 41.1 Å². The van der Waals surface area contributed by atoms with E-state index in [1.165, 1.54) is 18.6 Å². The zero-order chi connectivity index (χ0) is 13.7. The second-order valence-electron chi connectivity index (χ2n) is 4.81. The first-order chi connectivity index (χ1) is 9.16. The van der Waals surface area contributed by atoms with Gasteiger partial charge in [0.15, 0.2) is 0 Å². The summed E-state index contributed by atoms with van der Waals surface area (Å²) in [6, 6.07) is 4.94. The molecule has 1 atom stereocenters. The van der Waals surface area contributed by atoms with Gasteiger partial charge in [0.05, 0.1) is 6.42 Å². The van der Waals surface area contributed by atoms with Crippen molar-refractivity contribution in [1.82, 2.24) is 10.6 Å². The van der Waals surface area contributed by atoms with Crippen molar-refractivity contribution in [3.05, 3.63) is 34.6 Å². The molecule has 0 spiro atoms. The summed E-state index contributed by atoms with van der Waals surface area (Å²) in [5.74, 6) is -0.620. The molecule has 3 nitrogen and oxygen atoms in total. The van der Waals surface area contributed by atoms with Gasteiger partial charge in [-0.05, 0) is 37.9 Å². The molecule has 0 aliphatic carbocycles. The largest absolute Gasteiger partial charge is 0.356 e. The molecule has 2 N–H and O–H groups in total. The predicted octanol–water partition coefficient (Wildman–Crippen LogP) is 2.28. The Labute approximate surface area is 117 Å². The maximum absolute atomic E-state index is 13.5. The van der Waals surface area contributed by atoms with Gasteiger partial charge < -0.3 is 10.6 Å². The van der Waals surface area contributed by atoms with Crippen LogP contribution in [0.1, 0.15) is 24.8 Å². The number of carbonyl (C=O) groups is 1. The van der Waals surface area contributed by atoms with E-state index in [0.29, 0.717) is 17.6 Å². The van der Waals surface area contributed by atoms with Crippen LogP contribution in [-0.2, 0) is 11.2 Å². The Morgan fingerprint density at radius 2 is 2.37 bits per heavy atom. The van der Waals surface area contributed by atoms with E-state index in [0.717, 1.165) is 19.4 Å². The average molecular weight is 285 g/mol. The second kappa shape index (κ2) is 6.87. The van der Waals surface area contributed by atoms with Gasteiger partial charge in [-0.3, -0.25) is 4.79 Å². The Kier molecular flexibility index (Phi) is 5.16. The molecule has 1 aliphatic heterocycles. The number of benzene rings is 1. The first-order valence-corrected chi connectivity index (χ1v) is 6.97. The van der Waals surface area contributed by atoms with E-state index in [1.807, 2.05) is 0 Å². The molecule has 0 saturated carbocycles. The maximum Gasteiger partial charge on any atom is 0.224 e. The van der Waals surface area contributed by atoms with Crippen LogP contribution < -0.4 is 10.6 Å². The van der Waals surface area contributed by atoms with Crippen molar-refractivity contribution in [2.24, 2.45) is 0 Å². The summed E-state index contributed by atoms with van der Waals surface area (Å²) in [7, 11) is 0. The molecule has 0 radical (unpaired) electrons. The minimum atomic E-state index is -0.430. The fourth-order valence-electron chi connectivity index (χ4n) is 2.31. The minimum absolute atomic E-state index is 0.0103. The zero-order valence-corrected chi connectivity index (χ0v) is 11.5. The third kappa shape index (κ3) is 4.18. The van der Waals surface area contributed by atoms with E-state index >= 15 is 0 Å². The first kappa shape index (κ1) is 14.3. The van der Waals surface area contributed by atoms with Crippen LogP contribution in [0, 0.1) is 5.82 Å². The Balaban J connectivity index is 1.77. The molecule has 1 aromatic carbocycles. The smallest absolute Gasteiger partial charge is 0.224 e. The average Bonchev–Trinajstić information content (AvgIpc) is 2.87. The molecule has 1 heterocycles. The van der Waals surface area contributed by atoms with Crippen molar-refractivity contribution in [3.63, 3.8) is 0 Å². The third-order valence-electron chi connectivity index (χ3n) is 3.38. The van der Waals surface area contributed by atoms with Gasteiger partial charge in [0.25, 0.3) is 0 Å². The predicted molar refractivity (Wildman–Crippen MR) is 73.8 cm³/mol. The maximum atomic E-state index is 13.5. The number of amides is 1. The summed E-state index contributed by atoms with van der Waals surface area (Å²) in [6.45, 7) is 1.67. The highest BCUT2D eigenvalue weighted by atomic mass is 35.5. The number of nitrogens with one attached hydrogen (secondary N) is 2. The van der Waals surface area contributed by atoms with Crippen LogP contribution in [0.4, 0.5) is 4.39 Å². The summed E-state index contributed by atoms with van der Waals surface area (Å²) < 4.78 is 13.5. The highest BCUT2D eigenvalue weighted by Crippen LogP contribution is 2.19. The summed E-state index contributed by atoms with van der Waals surface area (Å²) in [5, 5.41) is 6.47. The summed E-state index contributed by atoms with van der Waals surface area (Å²) in [4.78, 5) is 11.7. The van der Waals surface area contributed by atoms with Crippen LogP contribution in [-0.4, -0.2) is 25.0 Å². The van der Waals surface area contributed by atoms with Gasteiger partial charge in [0.2, 0.25) is 5.91 Å². The van der Waals surface area contributed by atoms with E-state index in [2.05, 4.69) is 10.6 Å². The molecular formula is C14H18ClFN2O. The molecule has 2 rings (SSSR count).